The van der Waals surface area contributed by atoms with Crippen molar-refractivity contribution in [3.8, 4) is 0 Å². The van der Waals surface area contributed by atoms with Crippen LogP contribution in [0, 0.1) is 11.6 Å². The molecule has 1 aromatic rings. The van der Waals surface area contributed by atoms with Crippen LogP contribution in [0.15, 0.2) is 18.2 Å². The van der Waals surface area contributed by atoms with Gasteiger partial charge in [0.05, 0.1) is 5.60 Å². The fourth-order valence-electron chi connectivity index (χ4n) is 2.09. The molecule has 7 heteroatoms. The molecular formula is C14H18F2N2O2S. The third-order valence-electron chi connectivity index (χ3n) is 3.35. The fraction of sp³-hybridized carbons (Fsp3) is 0.500. The summed E-state index contributed by atoms with van der Waals surface area (Å²) >= 11 is 1.65. The van der Waals surface area contributed by atoms with Crippen molar-refractivity contribution >= 4 is 17.8 Å². The molecule has 0 saturated carbocycles. The standard InChI is InChI=1S/C14H18F2N2O2S/c15-11-1-2-12(16)10(7-11)3-5-17-13(19)18-8-14(20)4-6-21-9-14/h1-2,7,20H,3-6,8-9H2,(H2,17,18,19). The van der Waals surface area contributed by atoms with Crippen LogP contribution in [0.25, 0.3) is 0 Å². The summed E-state index contributed by atoms with van der Waals surface area (Å²) in [5.74, 6) is 0.508. The van der Waals surface area contributed by atoms with E-state index in [1.54, 1.807) is 11.8 Å². The maximum Gasteiger partial charge on any atom is 0.314 e. The summed E-state index contributed by atoms with van der Waals surface area (Å²) in [5, 5.41) is 15.2. The number of hydrogen-bond acceptors (Lipinski definition) is 3. The maximum atomic E-state index is 13.4. The summed E-state index contributed by atoms with van der Waals surface area (Å²) in [7, 11) is 0. The van der Waals surface area contributed by atoms with Gasteiger partial charge in [-0.15, -0.1) is 0 Å². The molecule has 2 amide bonds. The Morgan fingerprint density at radius 3 is 2.90 bits per heavy atom. The largest absolute Gasteiger partial charge is 0.387 e. The molecular weight excluding hydrogens is 298 g/mol. The minimum atomic E-state index is -0.837. The number of aliphatic hydroxyl groups is 1. The Labute approximate surface area is 126 Å². The summed E-state index contributed by atoms with van der Waals surface area (Å²) in [6.45, 7) is 0.388. The smallest absolute Gasteiger partial charge is 0.314 e. The summed E-state index contributed by atoms with van der Waals surface area (Å²) in [5.41, 5.74) is -0.613. The van der Waals surface area contributed by atoms with Crippen molar-refractivity contribution in [1.82, 2.24) is 10.6 Å². The normalized spacial score (nSPS) is 21.3. The van der Waals surface area contributed by atoms with Crippen molar-refractivity contribution in [3.05, 3.63) is 35.4 Å². The van der Waals surface area contributed by atoms with E-state index >= 15 is 0 Å². The molecule has 0 radical (unpaired) electrons. The zero-order valence-corrected chi connectivity index (χ0v) is 12.3. The van der Waals surface area contributed by atoms with Crippen molar-refractivity contribution in [3.63, 3.8) is 0 Å². The number of nitrogens with one attached hydrogen (secondary N) is 2. The molecule has 1 heterocycles. The lowest BCUT2D eigenvalue weighted by Crippen LogP contribution is -2.46. The predicted octanol–water partition coefficient (Wildman–Crippen LogP) is 1.67. The van der Waals surface area contributed by atoms with E-state index in [1.165, 1.54) is 0 Å². The molecule has 3 N–H and O–H groups in total. The first-order chi connectivity index (χ1) is 9.98. The Hall–Kier alpha value is -1.34. The SMILES string of the molecule is O=C(NCCc1cc(F)ccc1F)NCC1(O)CCSC1. The molecule has 1 aliphatic rings. The number of urea groups is 1. The zero-order chi connectivity index (χ0) is 15.3. The second-order valence-corrected chi connectivity index (χ2v) is 6.23. The Morgan fingerprint density at radius 2 is 2.19 bits per heavy atom. The molecule has 21 heavy (non-hydrogen) atoms. The van der Waals surface area contributed by atoms with Gasteiger partial charge in [-0.25, -0.2) is 13.6 Å². The van der Waals surface area contributed by atoms with Crippen LogP contribution in [-0.2, 0) is 6.42 Å². The highest BCUT2D eigenvalue weighted by Gasteiger charge is 2.31. The van der Waals surface area contributed by atoms with E-state index in [2.05, 4.69) is 10.6 Å². The highest BCUT2D eigenvalue weighted by molar-refractivity contribution is 7.99. The first kappa shape index (κ1) is 16.0. The molecule has 1 unspecified atom stereocenters. The van der Waals surface area contributed by atoms with Crippen molar-refractivity contribution in [1.29, 1.82) is 0 Å². The van der Waals surface area contributed by atoms with Crippen LogP contribution in [0.3, 0.4) is 0 Å². The average molecular weight is 316 g/mol. The third kappa shape index (κ3) is 4.86. The molecule has 0 spiro atoms. The van der Waals surface area contributed by atoms with E-state index in [4.69, 9.17) is 0 Å². The quantitative estimate of drug-likeness (QED) is 0.774. The van der Waals surface area contributed by atoms with Crippen molar-refractivity contribution in [2.24, 2.45) is 0 Å². The van der Waals surface area contributed by atoms with Gasteiger partial charge in [0, 0.05) is 18.8 Å². The maximum absolute atomic E-state index is 13.4. The monoisotopic (exact) mass is 316 g/mol. The number of rotatable bonds is 5. The summed E-state index contributed by atoms with van der Waals surface area (Å²) in [6.07, 6.45) is 0.865. The van der Waals surface area contributed by atoms with Gasteiger partial charge in [0.1, 0.15) is 11.6 Å². The molecule has 1 aromatic carbocycles. The minimum Gasteiger partial charge on any atom is -0.387 e. The van der Waals surface area contributed by atoms with Crippen LogP contribution in [0.5, 0.6) is 0 Å². The zero-order valence-electron chi connectivity index (χ0n) is 11.5. The van der Waals surface area contributed by atoms with E-state index in [9.17, 15) is 18.7 Å². The van der Waals surface area contributed by atoms with Gasteiger partial charge >= 0.3 is 6.03 Å². The number of carbonyl (C=O) groups is 1. The lowest BCUT2D eigenvalue weighted by molar-refractivity contribution is 0.0700. The number of amides is 2. The van der Waals surface area contributed by atoms with Gasteiger partial charge < -0.3 is 15.7 Å². The molecule has 1 aliphatic heterocycles. The summed E-state index contributed by atoms with van der Waals surface area (Å²) < 4.78 is 26.3. The van der Waals surface area contributed by atoms with Crippen LogP contribution >= 0.6 is 11.8 Å². The Bertz CT molecular complexity index is 508. The van der Waals surface area contributed by atoms with E-state index in [-0.39, 0.29) is 25.1 Å². The fourth-order valence-corrected chi connectivity index (χ4v) is 3.38. The third-order valence-corrected chi connectivity index (χ3v) is 4.58. The second kappa shape index (κ2) is 7.09. The van der Waals surface area contributed by atoms with Gasteiger partial charge in [0.25, 0.3) is 0 Å². The van der Waals surface area contributed by atoms with Gasteiger partial charge in [-0.1, -0.05) is 0 Å². The molecule has 4 nitrogen and oxygen atoms in total. The Morgan fingerprint density at radius 1 is 1.38 bits per heavy atom. The van der Waals surface area contributed by atoms with Crippen LogP contribution in [0.2, 0.25) is 0 Å². The topological polar surface area (TPSA) is 61.4 Å². The predicted molar refractivity (Wildman–Crippen MR) is 78.4 cm³/mol. The number of halogens is 2. The highest BCUT2D eigenvalue weighted by atomic mass is 32.2. The van der Waals surface area contributed by atoms with Gasteiger partial charge in [0.2, 0.25) is 0 Å². The van der Waals surface area contributed by atoms with E-state index in [1.807, 2.05) is 0 Å². The first-order valence-corrected chi connectivity index (χ1v) is 7.90. The molecule has 1 fully saturated rings. The van der Waals surface area contributed by atoms with Crippen LogP contribution in [-0.4, -0.2) is 41.3 Å². The Balaban J connectivity index is 1.70. The number of benzene rings is 1. The lowest BCUT2D eigenvalue weighted by atomic mass is 10.0. The van der Waals surface area contributed by atoms with Crippen LogP contribution in [0.4, 0.5) is 13.6 Å². The highest BCUT2D eigenvalue weighted by Crippen LogP contribution is 2.26. The average Bonchev–Trinajstić information content (AvgIpc) is 2.88. The molecule has 116 valence electrons. The van der Waals surface area contributed by atoms with Crippen LogP contribution in [0.1, 0.15) is 12.0 Å². The Kier molecular flexibility index (Phi) is 5.41. The molecule has 0 aromatic heterocycles. The van der Waals surface area contributed by atoms with Gasteiger partial charge in [-0.2, -0.15) is 11.8 Å². The van der Waals surface area contributed by atoms with Gasteiger partial charge in [0.15, 0.2) is 0 Å². The molecule has 1 atom stereocenters. The summed E-state index contributed by atoms with van der Waals surface area (Å²) in [6, 6.07) is 2.82. The van der Waals surface area contributed by atoms with Gasteiger partial charge in [-0.05, 0) is 42.4 Å². The molecule has 0 bridgehead atoms. The minimum absolute atomic E-state index is 0.194. The van der Waals surface area contributed by atoms with Crippen LogP contribution < -0.4 is 10.6 Å². The van der Waals surface area contributed by atoms with Gasteiger partial charge in [-0.3, -0.25) is 0 Å². The van der Waals surface area contributed by atoms with E-state index in [0.29, 0.717) is 12.2 Å². The second-order valence-electron chi connectivity index (χ2n) is 5.12. The lowest BCUT2D eigenvalue weighted by Gasteiger charge is -2.21. The molecule has 1 saturated heterocycles. The van der Waals surface area contributed by atoms with Crippen molar-refractivity contribution in [2.45, 2.75) is 18.4 Å². The first-order valence-electron chi connectivity index (χ1n) is 6.74. The molecule has 2 rings (SSSR count). The number of thioether (sulfide) groups is 1. The summed E-state index contributed by atoms with van der Waals surface area (Å²) in [4.78, 5) is 11.6. The van der Waals surface area contributed by atoms with E-state index < -0.39 is 23.3 Å². The van der Waals surface area contributed by atoms with Crippen molar-refractivity contribution in [2.75, 3.05) is 24.6 Å². The molecule has 0 aliphatic carbocycles. The number of carbonyl (C=O) groups excluding carboxylic acids is 1. The van der Waals surface area contributed by atoms with E-state index in [0.717, 1.165) is 24.0 Å². The number of hydrogen-bond donors (Lipinski definition) is 3. The van der Waals surface area contributed by atoms with Crippen molar-refractivity contribution < 1.29 is 18.7 Å².